The van der Waals surface area contributed by atoms with Crippen LogP contribution in [-0.2, 0) is 10.0 Å². The quantitative estimate of drug-likeness (QED) is 0.841. The zero-order chi connectivity index (χ0) is 14.5. The summed E-state index contributed by atoms with van der Waals surface area (Å²) in [7, 11) is -3.52. The molecule has 0 aliphatic rings. The van der Waals surface area contributed by atoms with Crippen LogP contribution in [0, 0.1) is 0 Å². The second kappa shape index (κ2) is 7.12. The molecule has 0 aromatic heterocycles. The van der Waals surface area contributed by atoms with Crippen LogP contribution in [0.15, 0.2) is 23.1 Å². The van der Waals surface area contributed by atoms with Gasteiger partial charge in [-0.25, -0.2) is 13.1 Å². The van der Waals surface area contributed by atoms with E-state index in [2.05, 4.69) is 4.72 Å². The first kappa shape index (κ1) is 16.3. The molecule has 0 spiro atoms. The third kappa shape index (κ3) is 4.67. The van der Waals surface area contributed by atoms with Crippen LogP contribution in [0.25, 0.3) is 0 Å². The fraction of sp³-hybridized carbons (Fsp3) is 0.538. The summed E-state index contributed by atoms with van der Waals surface area (Å²) in [5, 5.41) is 0.413. The highest BCUT2D eigenvalue weighted by molar-refractivity contribution is 7.89. The van der Waals surface area contributed by atoms with Crippen LogP contribution in [0.1, 0.15) is 33.6 Å². The van der Waals surface area contributed by atoms with E-state index >= 15 is 0 Å². The van der Waals surface area contributed by atoms with Crippen LogP contribution in [0.3, 0.4) is 0 Å². The van der Waals surface area contributed by atoms with Crippen molar-refractivity contribution in [2.24, 2.45) is 0 Å². The number of benzene rings is 1. The van der Waals surface area contributed by atoms with Crippen molar-refractivity contribution >= 4 is 21.6 Å². The number of nitrogens with one attached hydrogen (secondary N) is 1. The number of hydrogen-bond acceptors (Lipinski definition) is 3. The molecule has 4 nitrogen and oxygen atoms in total. The maximum Gasteiger partial charge on any atom is 0.240 e. The Labute approximate surface area is 120 Å². The lowest BCUT2D eigenvalue weighted by Crippen LogP contribution is -2.32. The van der Waals surface area contributed by atoms with Gasteiger partial charge in [-0.15, -0.1) is 0 Å². The Morgan fingerprint density at radius 2 is 2.05 bits per heavy atom. The Bertz CT molecular complexity index is 517. The molecule has 0 fully saturated rings. The van der Waals surface area contributed by atoms with E-state index < -0.39 is 10.0 Å². The first-order chi connectivity index (χ1) is 8.90. The molecule has 19 heavy (non-hydrogen) atoms. The van der Waals surface area contributed by atoms with E-state index in [1.54, 1.807) is 0 Å². The van der Waals surface area contributed by atoms with Crippen LogP contribution in [-0.4, -0.2) is 21.1 Å². The number of sulfonamides is 1. The van der Waals surface area contributed by atoms with E-state index in [1.807, 2.05) is 20.8 Å². The van der Waals surface area contributed by atoms with Crippen molar-refractivity contribution < 1.29 is 13.2 Å². The van der Waals surface area contributed by atoms with Crippen molar-refractivity contribution in [3.8, 4) is 5.75 Å². The van der Waals surface area contributed by atoms with Crippen LogP contribution >= 0.6 is 11.6 Å². The van der Waals surface area contributed by atoms with Crippen LogP contribution in [0.4, 0.5) is 0 Å². The topological polar surface area (TPSA) is 55.4 Å². The Morgan fingerprint density at radius 3 is 2.63 bits per heavy atom. The summed E-state index contributed by atoms with van der Waals surface area (Å²) in [5.74, 6) is 0.399. The lowest BCUT2D eigenvalue weighted by atomic mass is 10.3. The van der Waals surface area contributed by atoms with E-state index in [-0.39, 0.29) is 10.9 Å². The van der Waals surface area contributed by atoms with Gasteiger partial charge in [0.15, 0.2) is 0 Å². The van der Waals surface area contributed by atoms with Gasteiger partial charge in [-0.05, 0) is 31.9 Å². The monoisotopic (exact) mass is 305 g/mol. The third-order valence-corrected chi connectivity index (χ3v) is 4.54. The minimum Gasteiger partial charge on any atom is -0.492 e. The smallest absolute Gasteiger partial charge is 0.240 e. The summed E-state index contributed by atoms with van der Waals surface area (Å²) in [5.41, 5.74) is 0. The molecule has 1 N–H and O–H groups in total. The van der Waals surface area contributed by atoms with Crippen LogP contribution in [0.5, 0.6) is 5.75 Å². The number of halogens is 1. The van der Waals surface area contributed by atoms with E-state index in [9.17, 15) is 8.42 Å². The fourth-order valence-electron chi connectivity index (χ4n) is 1.39. The van der Waals surface area contributed by atoms with Gasteiger partial charge >= 0.3 is 0 Å². The molecular formula is C13H20ClNO3S. The molecule has 0 saturated heterocycles. The number of hydrogen-bond donors (Lipinski definition) is 1. The van der Waals surface area contributed by atoms with E-state index in [1.165, 1.54) is 18.2 Å². The largest absolute Gasteiger partial charge is 0.492 e. The Balaban J connectivity index is 3.00. The van der Waals surface area contributed by atoms with Gasteiger partial charge in [0, 0.05) is 12.1 Å². The summed E-state index contributed by atoms with van der Waals surface area (Å²) < 4.78 is 32.3. The highest BCUT2D eigenvalue weighted by atomic mass is 35.5. The predicted molar refractivity (Wildman–Crippen MR) is 77.3 cm³/mol. The Kier molecular flexibility index (Phi) is 6.10. The molecule has 108 valence electrons. The minimum atomic E-state index is -3.52. The normalized spacial score (nSPS) is 13.3. The van der Waals surface area contributed by atoms with E-state index in [0.29, 0.717) is 17.4 Å². The highest BCUT2D eigenvalue weighted by Crippen LogP contribution is 2.27. The number of rotatable bonds is 7. The van der Waals surface area contributed by atoms with E-state index in [0.717, 1.165) is 12.8 Å². The zero-order valence-electron chi connectivity index (χ0n) is 11.4. The maximum atomic E-state index is 12.1. The van der Waals surface area contributed by atoms with Crippen LogP contribution < -0.4 is 9.46 Å². The van der Waals surface area contributed by atoms with Gasteiger partial charge in [0.1, 0.15) is 5.75 Å². The van der Waals surface area contributed by atoms with Gasteiger partial charge < -0.3 is 4.74 Å². The first-order valence-corrected chi connectivity index (χ1v) is 8.21. The molecule has 1 aromatic rings. The van der Waals surface area contributed by atoms with Crippen molar-refractivity contribution in [2.45, 2.75) is 44.6 Å². The Hall–Kier alpha value is -0.780. The summed E-state index contributed by atoms with van der Waals surface area (Å²) in [6, 6.07) is 4.37. The molecule has 6 heteroatoms. The lowest BCUT2D eigenvalue weighted by Gasteiger charge is -2.13. The van der Waals surface area contributed by atoms with Gasteiger partial charge in [0.25, 0.3) is 0 Å². The van der Waals surface area contributed by atoms with Gasteiger partial charge in [0.2, 0.25) is 10.0 Å². The zero-order valence-corrected chi connectivity index (χ0v) is 13.0. The van der Waals surface area contributed by atoms with E-state index in [4.69, 9.17) is 16.3 Å². The molecule has 0 unspecified atom stereocenters. The molecule has 1 rings (SSSR count). The summed E-state index contributed by atoms with van der Waals surface area (Å²) in [6.45, 7) is 6.22. The average Bonchev–Trinajstić information content (AvgIpc) is 2.36. The predicted octanol–water partition coefficient (Wildman–Crippen LogP) is 3.21. The standard InChI is InChI=1S/C13H20ClNO3S/c1-4-8-18-13-9-11(6-7-12(13)14)19(16,17)15-10(3)5-2/h6-7,9-10,15H,4-5,8H2,1-3H3/t10-/m1/s1. The average molecular weight is 306 g/mol. The minimum absolute atomic E-state index is 0.110. The summed E-state index contributed by atoms with van der Waals surface area (Å²) >= 11 is 5.97. The molecule has 0 heterocycles. The van der Waals surface area contributed by atoms with Gasteiger partial charge in [-0.3, -0.25) is 0 Å². The van der Waals surface area contributed by atoms with Crippen LogP contribution in [0.2, 0.25) is 5.02 Å². The lowest BCUT2D eigenvalue weighted by molar-refractivity contribution is 0.317. The molecule has 0 bridgehead atoms. The highest BCUT2D eigenvalue weighted by Gasteiger charge is 2.18. The van der Waals surface area contributed by atoms with Crippen molar-refractivity contribution in [1.82, 2.24) is 4.72 Å². The van der Waals surface area contributed by atoms with Gasteiger partial charge in [-0.1, -0.05) is 25.4 Å². The SMILES string of the molecule is CCCOc1cc(S(=O)(=O)N[C@H](C)CC)ccc1Cl. The molecule has 0 saturated carbocycles. The molecule has 1 atom stereocenters. The summed E-state index contributed by atoms with van der Waals surface area (Å²) in [6.07, 6.45) is 1.56. The second-order valence-electron chi connectivity index (χ2n) is 4.37. The fourth-order valence-corrected chi connectivity index (χ4v) is 2.90. The molecule has 0 radical (unpaired) electrons. The van der Waals surface area contributed by atoms with Crippen molar-refractivity contribution in [3.63, 3.8) is 0 Å². The molecule has 1 aromatic carbocycles. The summed E-state index contributed by atoms with van der Waals surface area (Å²) in [4.78, 5) is 0.170. The van der Waals surface area contributed by atoms with Crippen molar-refractivity contribution in [1.29, 1.82) is 0 Å². The molecule has 0 aliphatic heterocycles. The van der Waals surface area contributed by atoms with Gasteiger partial charge in [0.05, 0.1) is 16.5 Å². The molecular weight excluding hydrogens is 286 g/mol. The third-order valence-electron chi connectivity index (χ3n) is 2.64. The van der Waals surface area contributed by atoms with Crippen molar-refractivity contribution in [3.05, 3.63) is 23.2 Å². The van der Waals surface area contributed by atoms with Crippen molar-refractivity contribution in [2.75, 3.05) is 6.61 Å². The van der Waals surface area contributed by atoms with Gasteiger partial charge in [-0.2, -0.15) is 0 Å². The Morgan fingerprint density at radius 1 is 1.37 bits per heavy atom. The molecule has 0 amide bonds. The molecule has 0 aliphatic carbocycles. The first-order valence-electron chi connectivity index (χ1n) is 6.35. The second-order valence-corrected chi connectivity index (χ2v) is 6.49. The number of ether oxygens (including phenoxy) is 1. The maximum absolute atomic E-state index is 12.1.